The van der Waals surface area contributed by atoms with Gasteiger partial charge in [-0.05, 0) is 62.6 Å². The van der Waals surface area contributed by atoms with Gasteiger partial charge in [-0.2, -0.15) is 4.98 Å². The molecule has 3 aromatic carbocycles. The summed E-state index contributed by atoms with van der Waals surface area (Å²) in [6.45, 7) is 13.0. The van der Waals surface area contributed by atoms with Crippen LogP contribution >= 0.6 is 18.7 Å². The largest absolute Gasteiger partial charge is 0.494 e. The second kappa shape index (κ2) is 26.1. The maximum Gasteiger partial charge on any atom is 0.264 e. The van der Waals surface area contributed by atoms with E-state index in [-0.39, 0.29) is 24.0 Å². The molecule has 7 rings (SSSR count). The van der Waals surface area contributed by atoms with E-state index < -0.39 is 36.8 Å². The highest BCUT2D eigenvalue weighted by atomic mass is 35.5. The molecule has 4 N–H and O–H groups in total. The summed E-state index contributed by atoms with van der Waals surface area (Å²) in [5.41, 5.74) is 3.36. The molecule has 0 saturated carbocycles. The first kappa shape index (κ1) is 53.1. The number of ether oxygens (including phenoxy) is 6. The minimum Gasteiger partial charge on any atom is -0.494 e. The number of aromatic nitrogens is 2. The molecule has 4 heterocycles. The van der Waals surface area contributed by atoms with Crippen LogP contribution in [-0.4, -0.2) is 175 Å². The van der Waals surface area contributed by atoms with E-state index in [1.807, 2.05) is 36.4 Å². The van der Waals surface area contributed by atoms with Crippen LogP contribution in [0.1, 0.15) is 40.0 Å². The topological polar surface area (TPSA) is 224 Å². The van der Waals surface area contributed by atoms with Gasteiger partial charge in [-0.25, -0.2) is 4.98 Å². The molecule has 3 aliphatic heterocycles. The molecule has 0 radical (unpaired) electrons. The van der Waals surface area contributed by atoms with Crippen molar-refractivity contribution in [3.8, 4) is 5.75 Å². The van der Waals surface area contributed by atoms with E-state index in [9.17, 15) is 23.7 Å². The van der Waals surface area contributed by atoms with E-state index >= 15 is 0 Å². The fourth-order valence-electron chi connectivity index (χ4n) is 8.31. The Balaban J connectivity index is 0.675. The molecular formula is C49H63ClN9O11P. The number of hydrogen-bond acceptors (Lipinski definition) is 18. The lowest BCUT2D eigenvalue weighted by molar-refractivity contribution is -0.136. The van der Waals surface area contributed by atoms with Crippen molar-refractivity contribution < 1.29 is 52.2 Å². The average molecular weight is 1020 g/mol. The predicted octanol–water partition coefficient (Wildman–Crippen LogP) is 4.98. The van der Waals surface area contributed by atoms with Gasteiger partial charge in [-0.1, -0.05) is 29.8 Å². The predicted molar refractivity (Wildman–Crippen MR) is 271 cm³/mol. The molecule has 22 heteroatoms. The number of benzene rings is 3. The Labute approximate surface area is 418 Å². The van der Waals surface area contributed by atoms with Crippen molar-refractivity contribution in [2.75, 3.05) is 147 Å². The number of carbonyl (C=O) groups excluding carboxylic acids is 4. The van der Waals surface area contributed by atoms with Gasteiger partial charge in [0.25, 0.3) is 11.8 Å². The van der Waals surface area contributed by atoms with E-state index in [0.717, 1.165) is 49.7 Å². The summed E-state index contributed by atoms with van der Waals surface area (Å²) in [4.78, 5) is 64.9. The van der Waals surface area contributed by atoms with Crippen LogP contribution in [0.5, 0.6) is 5.75 Å². The van der Waals surface area contributed by atoms with E-state index in [4.69, 9.17) is 40.0 Å². The first-order valence-electron chi connectivity index (χ1n) is 23.7. The second-order valence-electron chi connectivity index (χ2n) is 17.2. The van der Waals surface area contributed by atoms with Crippen molar-refractivity contribution in [3.63, 3.8) is 0 Å². The Morgan fingerprint density at radius 3 is 2.10 bits per heavy atom. The molecule has 20 nitrogen and oxygen atoms in total. The van der Waals surface area contributed by atoms with Crippen LogP contribution < -0.4 is 36.2 Å². The zero-order valence-corrected chi connectivity index (χ0v) is 42.1. The fourth-order valence-corrected chi connectivity index (χ4v) is 9.61. The quantitative estimate of drug-likeness (QED) is 0.0334. The van der Waals surface area contributed by atoms with Gasteiger partial charge in [0.15, 0.2) is 5.82 Å². The molecule has 1 atom stereocenters. The van der Waals surface area contributed by atoms with Crippen LogP contribution in [0.2, 0.25) is 5.02 Å². The standard InChI is InChI=1S/C49H63ClN9O11P/c1-65-41-32-34(12-13-37(41)54-49-52-33-36(50)45(56-49)53-38-9-4-5-11-42(38)71(2,3)64)58-20-18-57(19-21-58)17-7-22-66-24-26-68-28-30-70-31-29-69-27-25-67-23-16-51-39-10-6-8-35-44(39)48(63)59(47(35)62)40-14-15-43(60)55-46(40)61/h4-6,8-13,32-33,40,51H,7,14-31H2,1-3H3,(H,55,60,61)(H2,52,53,54,56). The van der Waals surface area contributed by atoms with Gasteiger partial charge in [0.1, 0.15) is 24.0 Å². The van der Waals surface area contributed by atoms with Gasteiger partial charge >= 0.3 is 0 Å². The highest BCUT2D eigenvalue weighted by Crippen LogP contribution is 2.39. The minimum absolute atomic E-state index is 0.0618. The molecule has 0 aliphatic carbocycles. The summed E-state index contributed by atoms with van der Waals surface area (Å²) in [5, 5.41) is 12.9. The summed E-state index contributed by atoms with van der Waals surface area (Å²) in [6, 6.07) is 17.4. The number of imide groups is 2. The third-order valence-electron chi connectivity index (χ3n) is 11.9. The number of anilines is 6. The first-order valence-corrected chi connectivity index (χ1v) is 26.7. The van der Waals surface area contributed by atoms with Gasteiger partial charge in [-0.3, -0.25) is 34.3 Å². The molecule has 382 valence electrons. The molecule has 3 aliphatic rings. The monoisotopic (exact) mass is 1020 g/mol. The Morgan fingerprint density at radius 2 is 1.42 bits per heavy atom. The van der Waals surface area contributed by atoms with E-state index in [1.165, 1.54) is 6.20 Å². The van der Waals surface area contributed by atoms with Crippen molar-refractivity contribution >= 4 is 82.2 Å². The Kier molecular flexibility index (Phi) is 19.5. The number of halogens is 1. The Morgan fingerprint density at radius 1 is 0.761 bits per heavy atom. The molecule has 2 saturated heterocycles. The SMILES string of the molecule is COc1cc(N2CCN(CCCOCCOCCOCCOCCOCCNc3cccc4c3C(=O)N(C3CCC(=O)NC3=O)C4=O)CC2)ccc1Nc1ncc(Cl)c(Nc2ccccc2P(C)(C)=O)n1. The van der Waals surface area contributed by atoms with Crippen LogP contribution in [0, 0.1) is 0 Å². The van der Waals surface area contributed by atoms with Crippen LogP contribution in [0.4, 0.5) is 34.5 Å². The molecule has 0 spiro atoms. The molecule has 0 bridgehead atoms. The summed E-state index contributed by atoms with van der Waals surface area (Å²) in [5.74, 6) is -0.795. The molecule has 4 aromatic rings. The average Bonchev–Trinajstić information content (AvgIpc) is 3.61. The summed E-state index contributed by atoms with van der Waals surface area (Å²) in [7, 11) is -0.917. The van der Waals surface area contributed by atoms with Crippen LogP contribution in [-0.2, 0) is 37.8 Å². The van der Waals surface area contributed by atoms with Gasteiger partial charge in [0.2, 0.25) is 17.8 Å². The number of rotatable bonds is 28. The summed E-state index contributed by atoms with van der Waals surface area (Å²) in [6.07, 6.45) is 2.62. The molecule has 2 fully saturated rings. The summed E-state index contributed by atoms with van der Waals surface area (Å²) < 4.78 is 46.9. The number of hydrogen-bond donors (Lipinski definition) is 4. The minimum atomic E-state index is -2.55. The lowest BCUT2D eigenvalue weighted by Crippen LogP contribution is -2.54. The van der Waals surface area contributed by atoms with Gasteiger partial charge in [-0.15, -0.1) is 0 Å². The molecular weight excluding hydrogens is 957 g/mol. The van der Waals surface area contributed by atoms with E-state index in [2.05, 4.69) is 47.1 Å². The van der Waals surface area contributed by atoms with Gasteiger partial charge in [0.05, 0.1) is 95.3 Å². The van der Waals surface area contributed by atoms with E-state index in [1.54, 1.807) is 38.6 Å². The van der Waals surface area contributed by atoms with Crippen LogP contribution in [0.3, 0.4) is 0 Å². The highest BCUT2D eigenvalue weighted by molar-refractivity contribution is 7.70. The first-order chi connectivity index (χ1) is 34.4. The third-order valence-corrected chi connectivity index (χ3v) is 13.8. The number of nitrogens with zero attached hydrogens (tertiary/aromatic N) is 5. The maximum absolute atomic E-state index is 13.2. The number of carbonyl (C=O) groups is 4. The molecule has 1 aromatic heterocycles. The fraction of sp³-hybridized carbons (Fsp3) is 0.469. The number of fused-ring (bicyclic) bond motifs is 1. The molecule has 71 heavy (non-hydrogen) atoms. The van der Waals surface area contributed by atoms with Crippen LogP contribution in [0.25, 0.3) is 0 Å². The lowest BCUT2D eigenvalue weighted by Gasteiger charge is -2.36. The zero-order valence-electron chi connectivity index (χ0n) is 40.4. The third kappa shape index (κ3) is 14.7. The van der Waals surface area contributed by atoms with Gasteiger partial charge in [0, 0.05) is 75.0 Å². The normalized spacial score (nSPS) is 16.3. The highest BCUT2D eigenvalue weighted by Gasteiger charge is 2.45. The van der Waals surface area contributed by atoms with Crippen LogP contribution in [0.15, 0.2) is 66.9 Å². The molecule has 4 amide bonds. The number of piperidine rings is 1. The van der Waals surface area contributed by atoms with Crippen molar-refractivity contribution in [1.82, 2.24) is 25.1 Å². The number of piperazine rings is 1. The molecule has 1 unspecified atom stereocenters. The van der Waals surface area contributed by atoms with Gasteiger partial charge < -0.3 is 53.8 Å². The Hall–Kier alpha value is -5.70. The number of para-hydroxylation sites is 1. The van der Waals surface area contributed by atoms with Crippen molar-refractivity contribution in [3.05, 3.63) is 83.0 Å². The smallest absolute Gasteiger partial charge is 0.264 e. The van der Waals surface area contributed by atoms with Crippen molar-refractivity contribution in [1.29, 1.82) is 0 Å². The lowest BCUT2D eigenvalue weighted by atomic mass is 10.0. The summed E-state index contributed by atoms with van der Waals surface area (Å²) >= 11 is 6.46. The zero-order chi connectivity index (χ0) is 50.2. The number of methoxy groups -OCH3 is 1. The second-order valence-corrected chi connectivity index (χ2v) is 20.8. The Bertz CT molecular complexity index is 2530. The van der Waals surface area contributed by atoms with Crippen molar-refractivity contribution in [2.45, 2.75) is 25.3 Å². The van der Waals surface area contributed by atoms with Crippen molar-refractivity contribution in [2.24, 2.45) is 0 Å². The number of amides is 4. The van der Waals surface area contributed by atoms with E-state index in [0.29, 0.717) is 118 Å². The maximum atomic E-state index is 13.2. The number of nitrogens with one attached hydrogen (secondary N) is 4.